The largest absolute Gasteiger partial charge is 0.300 e. The Hall–Kier alpha value is -2.05. The number of rotatable bonds is 3. The highest BCUT2D eigenvalue weighted by Gasteiger charge is 2.31. The maximum absolute atomic E-state index is 12.6. The Labute approximate surface area is 181 Å². The summed E-state index contributed by atoms with van der Waals surface area (Å²) in [6.45, 7) is 12.1. The molecule has 2 aromatic carbocycles. The van der Waals surface area contributed by atoms with Gasteiger partial charge in [0.2, 0.25) is 10.0 Å². The van der Waals surface area contributed by atoms with Gasteiger partial charge in [-0.2, -0.15) is 4.31 Å². The second-order valence-corrected chi connectivity index (χ2v) is 9.26. The van der Waals surface area contributed by atoms with Crippen molar-refractivity contribution in [3.05, 3.63) is 65.0 Å². The van der Waals surface area contributed by atoms with Crippen molar-refractivity contribution in [1.29, 1.82) is 0 Å². The van der Waals surface area contributed by atoms with Gasteiger partial charge in [0.05, 0.1) is 4.90 Å². The molecule has 1 aliphatic heterocycles. The van der Waals surface area contributed by atoms with Crippen LogP contribution in [0.15, 0.2) is 47.4 Å². The number of carbonyl (C=O) groups excluding carboxylic acids is 1. The first-order valence-corrected chi connectivity index (χ1v) is 11.9. The monoisotopic (exact) mass is 435 g/mol. The van der Waals surface area contributed by atoms with Gasteiger partial charge in [0, 0.05) is 19.0 Å². The standard InChI is InChI=1S/C15H21NO3S.C7H7F.C2H6/c1-11-4-5-15(12(2)10-11)20(18,19)16-8-6-14(7-9-16)13(3)17;1-6-2-4-7(8)5-3-6;1-2/h4-5,10,14H,6-9H2,1-3H3;2-5H,1H3;1-2H3. The van der Waals surface area contributed by atoms with Crippen LogP contribution in [0.2, 0.25) is 0 Å². The molecule has 0 radical (unpaired) electrons. The maximum Gasteiger partial charge on any atom is 0.243 e. The lowest BCUT2D eigenvalue weighted by molar-refractivity contribution is -0.121. The van der Waals surface area contributed by atoms with Crippen LogP contribution in [0.3, 0.4) is 0 Å². The molecule has 2 aromatic rings. The SMILES string of the molecule is CC.CC(=O)C1CCN(S(=O)(=O)c2ccc(C)cc2C)CC1.Cc1ccc(F)cc1. The van der Waals surface area contributed by atoms with E-state index in [2.05, 4.69) is 0 Å². The molecule has 0 aromatic heterocycles. The van der Waals surface area contributed by atoms with Crippen molar-refractivity contribution in [2.24, 2.45) is 5.92 Å². The third-order valence-corrected chi connectivity index (χ3v) is 7.05. The van der Waals surface area contributed by atoms with Crippen LogP contribution < -0.4 is 0 Å². The molecule has 4 nitrogen and oxygen atoms in total. The molecule has 166 valence electrons. The van der Waals surface area contributed by atoms with Crippen LogP contribution >= 0.6 is 0 Å². The van der Waals surface area contributed by atoms with Crippen molar-refractivity contribution in [3.63, 3.8) is 0 Å². The van der Waals surface area contributed by atoms with Gasteiger partial charge < -0.3 is 0 Å². The number of hydrogen-bond donors (Lipinski definition) is 0. The quantitative estimate of drug-likeness (QED) is 0.644. The smallest absolute Gasteiger partial charge is 0.243 e. The minimum Gasteiger partial charge on any atom is -0.300 e. The Morgan fingerprint density at radius 2 is 1.43 bits per heavy atom. The summed E-state index contributed by atoms with van der Waals surface area (Å²) in [5.74, 6) is 0.00438. The Bertz CT molecular complexity index is 895. The molecule has 0 unspecified atom stereocenters. The number of halogens is 1. The van der Waals surface area contributed by atoms with Crippen LogP contribution in [0.25, 0.3) is 0 Å². The van der Waals surface area contributed by atoms with E-state index < -0.39 is 10.0 Å². The van der Waals surface area contributed by atoms with E-state index in [-0.39, 0.29) is 17.5 Å². The van der Waals surface area contributed by atoms with Gasteiger partial charge in [-0.25, -0.2) is 12.8 Å². The minimum atomic E-state index is -3.44. The van der Waals surface area contributed by atoms with E-state index in [9.17, 15) is 17.6 Å². The average Bonchev–Trinajstić information content (AvgIpc) is 2.72. The number of piperidine rings is 1. The summed E-state index contributed by atoms with van der Waals surface area (Å²) in [7, 11) is -3.44. The number of carbonyl (C=O) groups is 1. The molecule has 0 bridgehead atoms. The first-order chi connectivity index (χ1) is 14.1. The van der Waals surface area contributed by atoms with Gasteiger partial charge in [0.25, 0.3) is 0 Å². The van der Waals surface area contributed by atoms with Gasteiger partial charge in [-0.15, -0.1) is 0 Å². The third kappa shape index (κ3) is 7.33. The van der Waals surface area contributed by atoms with Crippen molar-refractivity contribution in [1.82, 2.24) is 4.31 Å². The minimum absolute atomic E-state index is 0.0144. The van der Waals surface area contributed by atoms with Crippen LogP contribution in [-0.4, -0.2) is 31.6 Å². The summed E-state index contributed by atoms with van der Waals surface area (Å²) in [5.41, 5.74) is 2.92. The maximum atomic E-state index is 12.6. The van der Waals surface area contributed by atoms with Crippen LogP contribution in [0.5, 0.6) is 0 Å². The van der Waals surface area contributed by atoms with Crippen molar-refractivity contribution in [2.45, 2.75) is 59.3 Å². The topological polar surface area (TPSA) is 54.5 Å². The number of nitrogens with zero attached hydrogens (tertiary/aromatic N) is 1. The fourth-order valence-electron chi connectivity index (χ4n) is 3.26. The van der Waals surface area contributed by atoms with E-state index in [0.717, 1.165) is 16.7 Å². The molecule has 3 rings (SSSR count). The molecule has 0 amide bonds. The lowest BCUT2D eigenvalue weighted by atomic mass is 9.95. The molecule has 1 heterocycles. The Morgan fingerprint density at radius 1 is 0.933 bits per heavy atom. The van der Waals surface area contributed by atoms with Gasteiger partial charge in [0.1, 0.15) is 11.6 Å². The molecule has 0 aliphatic carbocycles. The van der Waals surface area contributed by atoms with Crippen LogP contribution in [0, 0.1) is 32.5 Å². The van der Waals surface area contributed by atoms with Gasteiger partial charge in [-0.05, 0) is 64.3 Å². The molecule has 1 fully saturated rings. The van der Waals surface area contributed by atoms with Crippen molar-refractivity contribution < 1.29 is 17.6 Å². The molecule has 1 saturated heterocycles. The molecule has 0 saturated carbocycles. The second kappa shape index (κ2) is 12.0. The zero-order valence-electron chi connectivity index (χ0n) is 18.9. The van der Waals surface area contributed by atoms with E-state index in [1.165, 1.54) is 16.4 Å². The van der Waals surface area contributed by atoms with Gasteiger partial charge in [-0.3, -0.25) is 4.79 Å². The number of hydrogen-bond acceptors (Lipinski definition) is 3. The first kappa shape index (κ1) is 26.0. The summed E-state index contributed by atoms with van der Waals surface area (Å²) in [6, 6.07) is 11.8. The Morgan fingerprint density at radius 3 is 1.87 bits per heavy atom. The van der Waals surface area contributed by atoms with Gasteiger partial charge >= 0.3 is 0 Å². The number of aryl methyl sites for hydroxylation is 3. The van der Waals surface area contributed by atoms with E-state index in [1.807, 2.05) is 46.8 Å². The zero-order valence-corrected chi connectivity index (χ0v) is 19.7. The predicted octanol–water partition coefficient (Wildman–Crippen LogP) is 5.45. The Balaban J connectivity index is 0.000000375. The van der Waals surface area contributed by atoms with E-state index in [0.29, 0.717) is 30.8 Å². The highest BCUT2D eigenvalue weighted by Crippen LogP contribution is 2.26. The molecule has 6 heteroatoms. The summed E-state index contributed by atoms with van der Waals surface area (Å²) in [5, 5.41) is 0. The zero-order chi connectivity index (χ0) is 22.9. The highest BCUT2D eigenvalue weighted by molar-refractivity contribution is 7.89. The molecule has 0 atom stereocenters. The molecular formula is C24H34FNO3S. The van der Waals surface area contributed by atoms with E-state index in [1.54, 1.807) is 25.1 Å². The number of benzene rings is 2. The fraction of sp³-hybridized carbons (Fsp3) is 0.458. The summed E-state index contributed by atoms with van der Waals surface area (Å²) in [4.78, 5) is 11.7. The van der Waals surface area contributed by atoms with Gasteiger partial charge in [0.15, 0.2) is 0 Å². The lowest BCUT2D eigenvalue weighted by Gasteiger charge is -2.30. The molecule has 30 heavy (non-hydrogen) atoms. The van der Waals surface area contributed by atoms with Crippen molar-refractivity contribution in [3.8, 4) is 0 Å². The first-order valence-electron chi connectivity index (χ1n) is 10.4. The normalized spacial score (nSPS) is 14.8. The summed E-state index contributed by atoms with van der Waals surface area (Å²) >= 11 is 0. The van der Waals surface area contributed by atoms with E-state index in [4.69, 9.17) is 0 Å². The molecule has 0 N–H and O–H groups in total. The third-order valence-electron chi connectivity index (χ3n) is 4.99. The molecule has 1 aliphatic rings. The van der Waals surface area contributed by atoms with Crippen molar-refractivity contribution in [2.75, 3.05) is 13.1 Å². The van der Waals surface area contributed by atoms with Crippen molar-refractivity contribution >= 4 is 15.8 Å². The fourth-order valence-corrected chi connectivity index (χ4v) is 4.94. The van der Waals surface area contributed by atoms with Crippen LogP contribution in [-0.2, 0) is 14.8 Å². The Kier molecular flexibility index (Phi) is 10.4. The van der Waals surface area contributed by atoms with Gasteiger partial charge in [-0.1, -0.05) is 49.2 Å². The highest BCUT2D eigenvalue weighted by atomic mass is 32.2. The second-order valence-electron chi connectivity index (χ2n) is 7.35. The predicted molar refractivity (Wildman–Crippen MR) is 121 cm³/mol. The molecule has 0 spiro atoms. The molecular weight excluding hydrogens is 401 g/mol. The summed E-state index contributed by atoms with van der Waals surface area (Å²) < 4.78 is 38.9. The van der Waals surface area contributed by atoms with Crippen LogP contribution in [0.4, 0.5) is 4.39 Å². The summed E-state index contributed by atoms with van der Waals surface area (Å²) in [6.07, 6.45) is 1.25. The number of ketones is 1. The van der Waals surface area contributed by atoms with Crippen LogP contribution in [0.1, 0.15) is 50.3 Å². The number of Topliss-reactive ketones (excluding diaryl/α,β-unsaturated/α-hetero) is 1. The number of sulfonamides is 1. The van der Waals surface area contributed by atoms with E-state index >= 15 is 0 Å². The lowest BCUT2D eigenvalue weighted by Crippen LogP contribution is -2.40. The average molecular weight is 436 g/mol.